The zero-order valence-corrected chi connectivity index (χ0v) is 13.4. The Morgan fingerprint density at radius 1 is 1.29 bits per heavy atom. The minimum atomic E-state index is -3.47. The van der Waals surface area contributed by atoms with Crippen molar-refractivity contribution >= 4 is 21.6 Å². The summed E-state index contributed by atoms with van der Waals surface area (Å²) in [6.07, 6.45) is 2.24. The van der Waals surface area contributed by atoms with Crippen molar-refractivity contribution in [2.24, 2.45) is 5.73 Å². The van der Waals surface area contributed by atoms with Gasteiger partial charge in [0.2, 0.25) is 10.0 Å². The molecule has 2 heterocycles. The van der Waals surface area contributed by atoms with E-state index in [2.05, 4.69) is 4.90 Å². The van der Waals surface area contributed by atoms with Gasteiger partial charge in [-0.1, -0.05) is 17.7 Å². The number of piperazine rings is 1. The predicted molar refractivity (Wildman–Crippen MR) is 82.7 cm³/mol. The molecule has 2 aliphatic heterocycles. The molecule has 1 aromatic carbocycles. The number of fused-ring (bicyclic) bond motifs is 1. The van der Waals surface area contributed by atoms with Gasteiger partial charge in [0, 0.05) is 37.2 Å². The van der Waals surface area contributed by atoms with Gasteiger partial charge in [-0.25, -0.2) is 8.42 Å². The number of halogens is 1. The average molecular weight is 330 g/mol. The van der Waals surface area contributed by atoms with Crippen molar-refractivity contribution in [2.45, 2.75) is 30.3 Å². The van der Waals surface area contributed by atoms with Crippen LogP contribution in [-0.2, 0) is 16.6 Å². The van der Waals surface area contributed by atoms with E-state index in [0.29, 0.717) is 30.7 Å². The quantitative estimate of drug-likeness (QED) is 0.907. The molecule has 2 fully saturated rings. The highest BCUT2D eigenvalue weighted by atomic mass is 35.5. The fourth-order valence-electron chi connectivity index (χ4n) is 3.18. The van der Waals surface area contributed by atoms with Gasteiger partial charge in [0.15, 0.2) is 0 Å². The Morgan fingerprint density at radius 2 is 2.10 bits per heavy atom. The summed E-state index contributed by atoms with van der Waals surface area (Å²) in [4.78, 5) is 2.65. The number of hydrogen-bond donors (Lipinski definition) is 1. The zero-order chi connectivity index (χ0) is 15.0. The van der Waals surface area contributed by atoms with Crippen molar-refractivity contribution in [2.75, 3.05) is 26.2 Å². The number of rotatable bonds is 3. The summed E-state index contributed by atoms with van der Waals surface area (Å²) >= 11 is 6.09. The largest absolute Gasteiger partial charge is 0.326 e. The van der Waals surface area contributed by atoms with Crippen LogP contribution in [-0.4, -0.2) is 49.8 Å². The molecule has 2 aliphatic rings. The van der Waals surface area contributed by atoms with Crippen LogP contribution in [0.5, 0.6) is 0 Å². The normalized spacial score (nSPS) is 24.2. The molecule has 0 radical (unpaired) electrons. The van der Waals surface area contributed by atoms with Gasteiger partial charge in [-0.15, -0.1) is 0 Å². The molecule has 1 aromatic rings. The summed E-state index contributed by atoms with van der Waals surface area (Å²) in [5.41, 5.74) is 6.32. The first-order chi connectivity index (χ1) is 10.0. The maximum atomic E-state index is 12.7. The molecule has 2 saturated heterocycles. The smallest absolute Gasteiger partial charge is 0.243 e. The Morgan fingerprint density at radius 3 is 2.81 bits per heavy atom. The summed E-state index contributed by atoms with van der Waals surface area (Å²) in [5, 5.41) is 0.415. The van der Waals surface area contributed by atoms with Crippen LogP contribution in [0.4, 0.5) is 0 Å². The van der Waals surface area contributed by atoms with Gasteiger partial charge in [0.05, 0.1) is 4.90 Å². The molecule has 0 bridgehead atoms. The Labute approximate surface area is 130 Å². The minimum absolute atomic E-state index is 0.260. The Bertz CT molecular complexity index is 635. The highest BCUT2D eigenvalue weighted by Crippen LogP contribution is 2.27. The summed E-state index contributed by atoms with van der Waals surface area (Å²) in [6.45, 7) is 3.35. The van der Waals surface area contributed by atoms with Crippen LogP contribution in [0.1, 0.15) is 18.4 Å². The van der Waals surface area contributed by atoms with Crippen LogP contribution < -0.4 is 5.73 Å². The standard InChI is InChI=1S/C14H20ClN3O2S/c15-14-8-13(4-3-11(14)9-16)21(19,20)18-7-6-17-5-1-2-12(17)10-18/h3-4,8,12H,1-2,5-7,9-10,16H2. The van der Waals surface area contributed by atoms with Gasteiger partial charge in [-0.05, 0) is 37.1 Å². The fourth-order valence-corrected chi connectivity index (χ4v) is 5.00. The molecule has 7 heteroatoms. The molecule has 1 atom stereocenters. The van der Waals surface area contributed by atoms with Crippen molar-refractivity contribution in [3.63, 3.8) is 0 Å². The lowest BCUT2D eigenvalue weighted by Gasteiger charge is -2.36. The lowest BCUT2D eigenvalue weighted by Crippen LogP contribution is -2.51. The third kappa shape index (κ3) is 2.83. The molecule has 0 spiro atoms. The van der Waals surface area contributed by atoms with E-state index in [1.54, 1.807) is 16.4 Å². The first kappa shape index (κ1) is 15.2. The minimum Gasteiger partial charge on any atom is -0.326 e. The highest BCUT2D eigenvalue weighted by molar-refractivity contribution is 7.89. The molecule has 2 N–H and O–H groups in total. The van der Waals surface area contributed by atoms with E-state index in [0.717, 1.165) is 31.5 Å². The Hall–Kier alpha value is -0.660. The molecule has 0 aromatic heterocycles. The summed E-state index contributed by atoms with van der Waals surface area (Å²) in [7, 11) is -3.47. The third-order valence-corrected chi connectivity index (χ3v) is 6.65. The van der Waals surface area contributed by atoms with Gasteiger partial charge in [0.1, 0.15) is 0 Å². The lowest BCUT2D eigenvalue weighted by molar-refractivity contribution is 0.158. The van der Waals surface area contributed by atoms with E-state index < -0.39 is 10.0 Å². The SMILES string of the molecule is NCc1ccc(S(=O)(=O)N2CCN3CCCC3C2)cc1Cl. The van der Waals surface area contributed by atoms with E-state index in [4.69, 9.17) is 17.3 Å². The lowest BCUT2D eigenvalue weighted by atomic mass is 10.2. The van der Waals surface area contributed by atoms with Crippen LogP contribution in [0.2, 0.25) is 5.02 Å². The van der Waals surface area contributed by atoms with Crippen molar-refractivity contribution < 1.29 is 8.42 Å². The van der Waals surface area contributed by atoms with Crippen LogP contribution in [0.3, 0.4) is 0 Å². The zero-order valence-electron chi connectivity index (χ0n) is 11.8. The predicted octanol–water partition coefficient (Wildman–Crippen LogP) is 1.27. The molecule has 1 unspecified atom stereocenters. The van der Waals surface area contributed by atoms with E-state index >= 15 is 0 Å². The van der Waals surface area contributed by atoms with Gasteiger partial charge in [-0.2, -0.15) is 4.31 Å². The summed E-state index contributed by atoms with van der Waals surface area (Å²) < 4.78 is 27.1. The maximum absolute atomic E-state index is 12.7. The Balaban J connectivity index is 1.85. The first-order valence-corrected chi connectivity index (χ1v) is 9.07. The van der Waals surface area contributed by atoms with E-state index in [9.17, 15) is 8.42 Å². The van der Waals surface area contributed by atoms with Crippen LogP contribution in [0, 0.1) is 0 Å². The highest BCUT2D eigenvalue weighted by Gasteiger charge is 2.36. The summed E-state index contributed by atoms with van der Waals surface area (Å²) in [5.74, 6) is 0. The van der Waals surface area contributed by atoms with E-state index in [1.165, 1.54) is 6.07 Å². The van der Waals surface area contributed by atoms with Gasteiger partial charge >= 0.3 is 0 Å². The van der Waals surface area contributed by atoms with Crippen LogP contribution >= 0.6 is 11.6 Å². The number of sulfonamides is 1. The van der Waals surface area contributed by atoms with Gasteiger partial charge < -0.3 is 5.73 Å². The molecule has 0 aliphatic carbocycles. The second-order valence-electron chi connectivity index (χ2n) is 5.65. The van der Waals surface area contributed by atoms with Crippen molar-refractivity contribution in [3.8, 4) is 0 Å². The third-order valence-electron chi connectivity index (χ3n) is 4.43. The Kier molecular flexibility index (Phi) is 4.25. The number of nitrogens with two attached hydrogens (primary N) is 1. The molecular weight excluding hydrogens is 310 g/mol. The van der Waals surface area contributed by atoms with E-state index in [1.807, 2.05) is 0 Å². The maximum Gasteiger partial charge on any atom is 0.243 e. The molecule has 21 heavy (non-hydrogen) atoms. The number of nitrogens with zero attached hydrogens (tertiary/aromatic N) is 2. The molecular formula is C14H20ClN3O2S. The molecule has 0 saturated carbocycles. The number of benzene rings is 1. The van der Waals surface area contributed by atoms with Gasteiger partial charge in [0.25, 0.3) is 0 Å². The second-order valence-corrected chi connectivity index (χ2v) is 8.00. The van der Waals surface area contributed by atoms with Crippen molar-refractivity contribution in [1.29, 1.82) is 0 Å². The topological polar surface area (TPSA) is 66.6 Å². The van der Waals surface area contributed by atoms with Crippen molar-refractivity contribution in [1.82, 2.24) is 9.21 Å². The van der Waals surface area contributed by atoms with Crippen LogP contribution in [0.25, 0.3) is 0 Å². The van der Waals surface area contributed by atoms with Crippen molar-refractivity contribution in [3.05, 3.63) is 28.8 Å². The molecule has 5 nitrogen and oxygen atoms in total. The number of hydrogen-bond acceptors (Lipinski definition) is 4. The molecule has 0 amide bonds. The molecule has 3 rings (SSSR count). The second kappa shape index (κ2) is 5.85. The van der Waals surface area contributed by atoms with E-state index in [-0.39, 0.29) is 4.90 Å². The van der Waals surface area contributed by atoms with Crippen LogP contribution in [0.15, 0.2) is 23.1 Å². The average Bonchev–Trinajstić information content (AvgIpc) is 2.94. The monoisotopic (exact) mass is 329 g/mol. The fraction of sp³-hybridized carbons (Fsp3) is 0.571. The summed E-state index contributed by atoms with van der Waals surface area (Å²) in [6, 6.07) is 5.18. The van der Waals surface area contributed by atoms with Gasteiger partial charge in [-0.3, -0.25) is 4.90 Å². The molecule has 116 valence electrons. The first-order valence-electron chi connectivity index (χ1n) is 7.25.